The maximum atomic E-state index is 13.7. The zero-order chi connectivity index (χ0) is 23.5. The molecule has 0 amide bonds. The van der Waals surface area contributed by atoms with Gasteiger partial charge in [0, 0.05) is 0 Å². The summed E-state index contributed by atoms with van der Waals surface area (Å²) in [4.78, 5) is 12.1. The smallest absolute Gasteiger partial charge is 0.349 e. The molecular weight excluding hydrogens is 422 g/mol. The van der Waals surface area contributed by atoms with Crippen molar-refractivity contribution in [3.8, 4) is 22.6 Å². The molecule has 0 fully saturated rings. The number of halogens is 2. The third-order valence-electron chi connectivity index (χ3n) is 5.44. The molecule has 0 bridgehead atoms. The van der Waals surface area contributed by atoms with Gasteiger partial charge in [-0.15, -0.1) is 0 Å². The van der Waals surface area contributed by atoms with Gasteiger partial charge in [-0.05, 0) is 53.9 Å². The number of unbranched alkanes of at least 4 members (excludes halogenated alkanes) is 6. The van der Waals surface area contributed by atoms with Crippen LogP contribution in [0.2, 0.25) is 0 Å². The summed E-state index contributed by atoms with van der Waals surface area (Å²) in [6.07, 6.45) is 8.75. The highest BCUT2D eigenvalue weighted by atomic mass is 19.1. The van der Waals surface area contributed by atoms with Gasteiger partial charge in [-0.25, -0.2) is 13.6 Å². The van der Waals surface area contributed by atoms with Gasteiger partial charge >= 0.3 is 5.97 Å². The number of benzene rings is 3. The third kappa shape index (κ3) is 7.41. The summed E-state index contributed by atoms with van der Waals surface area (Å²) in [5.41, 5.74) is 1.20. The lowest BCUT2D eigenvalue weighted by molar-refractivity contribution is 0.0724. The summed E-state index contributed by atoms with van der Waals surface area (Å²) < 4.78 is 38.4. The first-order valence-corrected chi connectivity index (χ1v) is 11.6. The standard InChI is InChI=1S/C28H30F2O3/c1-2-3-4-5-6-7-8-20-32-23-16-12-21(13-17-23)22-14-18-24(19-15-22)33-28(31)27-25(29)10-9-11-26(27)30/h9-19H,2-8,20H2,1H3. The van der Waals surface area contributed by atoms with Crippen molar-refractivity contribution in [2.45, 2.75) is 51.9 Å². The molecule has 0 heterocycles. The van der Waals surface area contributed by atoms with Crippen LogP contribution in [0.4, 0.5) is 8.78 Å². The van der Waals surface area contributed by atoms with Crippen molar-refractivity contribution >= 4 is 5.97 Å². The van der Waals surface area contributed by atoms with Crippen molar-refractivity contribution in [2.75, 3.05) is 6.61 Å². The van der Waals surface area contributed by atoms with E-state index in [0.717, 1.165) is 42.0 Å². The van der Waals surface area contributed by atoms with Crippen LogP contribution in [0.15, 0.2) is 66.7 Å². The van der Waals surface area contributed by atoms with Gasteiger partial charge in [0.05, 0.1) is 6.61 Å². The third-order valence-corrected chi connectivity index (χ3v) is 5.44. The summed E-state index contributed by atoms with van der Waals surface area (Å²) in [5.74, 6) is -1.93. The molecule has 0 spiro atoms. The van der Waals surface area contributed by atoms with E-state index in [4.69, 9.17) is 9.47 Å². The van der Waals surface area contributed by atoms with Gasteiger partial charge in [-0.1, -0.05) is 75.8 Å². The molecule has 0 radical (unpaired) electrons. The molecule has 0 atom stereocenters. The van der Waals surface area contributed by atoms with Gasteiger partial charge in [0.15, 0.2) is 0 Å². The lowest BCUT2D eigenvalue weighted by atomic mass is 10.1. The summed E-state index contributed by atoms with van der Waals surface area (Å²) in [5, 5.41) is 0. The van der Waals surface area contributed by atoms with Gasteiger partial charge in [0.1, 0.15) is 28.7 Å². The Morgan fingerprint density at radius 3 is 1.79 bits per heavy atom. The molecule has 5 heteroatoms. The Labute approximate surface area is 194 Å². The lowest BCUT2D eigenvalue weighted by Crippen LogP contribution is -2.13. The van der Waals surface area contributed by atoms with Crippen molar-refractivity contribution < 1.29 is 23.0 Å². The van der Waals surface area contributed by atoms with Gasteiger partial charge in [-0.3, -0.25) is 0 Å². The first-order chi connectivity index (χ1) is 16.1. The van der Waals surface area contributed by atoms with Gasteiger partial charge < -0.3 is 9.47 Å². The molecule has 174 valence electrons. The normalized spacial score (nSPS) is 10.8. The fourth-order valence-corrected chi connectivity index (χ4v) is 3.56. The minimum atomic E-state index is -1.07. The monoisotopic (exact) mass is 452 g/mol. The molecule has 33 heavy (non-hydrogen) atoms. The number of ether oxygens (including phenoxy) is 2. The van der Waals surface area contributed by atoms with Crippen molar-refractivity contribution in [2.24, 2.45) is 0 Å². The molecule has 3 aromatic carbocycles. The molecule has 0 saturated heterocycles. The van der Waals surface area contributed by atoms with E-state index in [1.807, 2.05) is 24.3 Å². The Balaban J connectivity index is 1.48. The summed E-state index contributed by atoms with van der Waals surface area (Å²) in [6.45, 7) is 2.94. The fraction of sp³-hybridized carbons (Fsp3) is 0.321. The molecule has 0 aliphatic heterocycles. The van der Waals surface area contributed by atoms with Crippen LogP contribution in [0, 0.1) is 11.6 Å². The molecule has 3 nitrogen and oxygen atoms in total. The van der Waals surface area contributed by atoms with Gasteiger partial charge in [-0.2, -0.15) is 0 Å². The second kappa shape index (κ2) is 12.7. The predicted molar refractivity (Wildman–Crippen MR) is 127 cm³/mol. The van der Waals surface area contributed by atoms with Crippen molar-refractivity contribution in [3.05, 3.63) is 83.9 Å². The van der Waals surface area contributed by atoms with Crippen LogP contribution >= 0.6 is 0 Å². The van der Waals surface area contributed by atoms with Crippen LogP contribution in [-0.4, -0.2) is 12.6 Å². The SMILES string of the molecule is CCCCCCCCCOc1ccc(-c2ccc(OC(=O)c3c(F)cccc3F)cc2)cc1. The van der Waals surface area contributed by atoms with Gasteiger partial charge in [0.25, 0.3) is 0 Å². The number of rotatable bonds is 12. The van der Waals surface area contributed by atoms with E-state index in [1.54, 1.807) is 24.3 Å². The molecule has 0 saturated carbocycles. The number of hydrogen-bond acceptors (Lipinski definition) is 3. The molecule has 0 N–H and O–H groups in total. The highest BCUT2D eigenvalue weighted by Gasteiger charge is 2.19. The van der Waals surface area contributed by atoms with E-state index in [-0.39, 0.29) is 5.75 Å². The van der Waals surface area contributed by atoms with E-state index < -0.39 is 23.2 Å². The molecule has 0 unspecified atom stereocenters. The van der Waals surface area contributed by atoms with E-state index >= 15 is 0 Å². The van der Waals surface area contributed by atoms with Crippen LogP contribution < -0.4 is 9.47 Å². The van der Waals surface area contributed by atoms with Crippen LogP contribution in [0.5, 0.6) is 11.5 Å². The Morgan fingerprint density at radius 2 is 1.21 bits per heavy atom. The lowest BCUT2D eigenvalue weighted by Gasteiger charge is -2.09. The average Bonchev–Trinajstić information content (AvgIpc) is 2.82. The highest BCUT2D eigenvalue weighted by Crippen LogP contribution is 2.25. The Morgan fingerprint density at radius 1 is 0.697 bits per heavy atom. The summed E-state index contributed by atoms with van der Waals surface area (Å²) >= 11 is 0. The van der Waals surface area contributed by atoms with Crippen molar-refractivity contribution in [1.82, 2.24) is 0 Å². The van der Waals surface area contributed by atoms with E-state index in [2.05, 4.69) is 6.92 Å². The number of hydrogen-bond donors (Lipinski definition) is 0. The maximum absolute atomic E-state index is 13.7. The van der Waals surface area contributed by atoms with Crippen LogP contribution in [0.25, 0.3) is 11.1 Å². The van der Waals surface area contributed by atoms with Crippen LogP contribution in [0.1, 0.15) is 62.2 Å². The largest absolute Gasteiger partial charge is 0.494 e. The first kappa shape index (κ1) is 24.4. The molecule has 0 aliphatic rings. The minimum absolute atomic E-state index is 0.209. The summed E-state index contributed by atoms with van der Waals surface area (Å²) in [7, 11) is 0. The zero-order valence-electron chi connectivity index (χ0n) is 19.0. The topological polar surface area (TPSA) is 35.5 Å². The predicted octanol–water partition coefficient (Wildman–Crippen LogP) is 7.98. The van der Waals surface area contributed by atoms with Crippen LogP contribution in [0.3, 0.4) is 0 Å². The molecular formula is C28H30F2O3. The quantitative estimate of drug-likeness (QED) is 0.159. The van der Waals surface area contributed by atoms with Crippen LogP contribution in [-0.2, 0) is 0 Å². The zero-order valence-corrected chi connectivity index (χ0v) is 19.0. The fourth-order valence-electron chi connectivity index (χ4n) is 3.56. The van der Waals surface area contributed by atoms with Crippen molar-refractivity contribution in [1.29, 1.82) is 0 Å². The summed E-state index contributed by atoms with van der Waals surface area (Å²) in [6, 6.07) is 17.8. The maximum Gasteiger partial charge on any atom is 0.349 e. The highest BCUT2D eigenvalue weighted by molar-refractivity contribution is 5.91. The molecule has 0 aliphatic carbocycles. The molecule has 0 aromatic heterocycles. The van der Waals surface area contributed by atoms with E-state index in [1.165, 1.54) is 44.6 Å². The average molecular weight is 453 g/mol. The van der Waals surface area contributed by atoms with Gasteiger partial charge in [0.2, 0.25) is 0 Å². The Bertz CT molecular complexity index is 994. The number of esters is 1. The van der Waals surface area contributed by atoms with E-state index in [0.29, 0.717) is 0 Å². The number of carbonyl (C=O) groups excluding carboxylic acids is 1. The Hall–Kier alpha value is -3.21. The first-order valence-electron chi connectivity index (χ1n) is 11.6. The molecule has 3 aromatic rings. The minimum Gasteiger partial charge on any atom is -0.494 e. The Kier molecular flexibility index (Phi) is 9.43. The number of carbonyl (C=O) groups is 1. The second-order valence-corrected chi connectivity index (χ2v) is 8.00. The second-order valence-electron chi connectivity index (χ2n) is 8.00. The molecule has 3 rings (SSSR count). The van der Waals surface area contributed by atoms with E-state index in [9.17, 15) is 13.6 Å². The van der Waals surface area contributed by atoms with Crippen molar-refractivity contribution in [3.63, 3.8) is 0 Å².